The van der Waals surface area contributed by atoms with Crippen molar-refractivity contribution in [1.82, 2.24) is 9.80 Å². The van der Waals surface area contributed by atoms with Gasteiger partial charge in [0.05, 0.1) is 0 Å². The minimum absolute atomic E-state index is 0.0590. The molecule has 0 spiro atoms. The van der Waals surface area contributed by atoms with E-state index in [1.54, 1.807) is 0 Å². The fourth-order valence-electron chi connectivity index (χ4n) is 5.46. The van der Waals surface area contributed by atoms with E-state index >= 15 is 0 Å². The van der Waals surface area contributed by atoms with Gasteiger partial charge in [-0.3, -0.25) is 14.6 Å². The van der Waals surface area contributed by atoms with Gasteiger partial charge in [-0.15, -0.1) is 0 Å². The summed E-state index contributed by atoms with van der Waals surface area (Å²) in [6.07, 6.45) is 5.91. The molecule has 0 aliphatic carbocycles. The van der Waals surface area contributed by atoms with E-state index in [1.165, 1.54) is 26.2 Å². The molecular weight excluding hydrogens is 348 g/mol. The Kier molecular flexibility index (Phi) is 7.84. The van der Waals surface area contributed by atoms with Gasteiger partial charge in [-0.1, -0.05) is 13.3 Å². The summed E-state index contributed by atoms with van der Waals surface area (Å²) in [4.78, 5) is 15.9. The molecule has 166 valence electrons. The maximum Gasteiger partial charge on any atom is 0.302 e. The maximum atomic E-state index is 11.0. The fourth-order valence-corrected chi connectivity index (χ4v) is 5.46. The number of carbonyl (C=O) groups excluding carboxylic acids is 1. The minimum Gasteiger partial charge on any atom is -0.462 e. The average molecular weight is 397 g/mol. The predicted octanol–water partition coefficient (Wildman–Crippen LogP) is 5.50. The molecule has 0 unspecified atom stereocenters. The molecule has 2 aliphatic rings. The van der Waals surface area contributed by atoms with Gasteiger partial charge in [0, 0.05) is 41.9 Å². The van der Waals surface area contributed by atoms with Crippen molar-refractivity contribution in [2.45, 2.75) is 130 Å². The summed E-state index contributed by atoms with van der Waals surface area (Å²) in [6.45, 7) is 22.1. The molecular formula is C24H48N2O2. The zero-order valence-corrected chi connectivity index (χ0v) is 20.9. The zero-order chi connectivity index (χ0) is 22.1. The van der Waals surface area contributed by atoms with Gasteiger partial charge in [-0.05, 0) is 88.2 Å². The summed E-state index contributed by atoms with van der Waals surface area (Å²) in [6, 6.07) is 0. The Bertz CT molecular complexity index is 501. The average Bonchev–Trinajstić information content (AvgIpc) is 2.49. The monoisotopic (exact) mass is 396 g/mol. The number of hydrogen-bond acceptors (Lipinski definition) is 4. The van der Waals surface area contributed by atoms with E-state index in [4.69, 9.17) is 4.74 Å². The molecule has 0 aromatic rings. The predicted molar refractivity (Wildman–Crippen MR) is 120 cm³/mol. The van der Waals surface area contributed by atoms with E-state index in [2.05, 4.69) is 86.2 Å². The molecule has 0 N–H and O–H groups in total. The van der Waals surface area contributed by atoms with Crippen LogP contribution < -0.4 is 0 Å². The Morgan fingerprint density at radius 3 is 1.39 bits per heavy atom. The lowest BCUT2D eigenvalue weighted by Crippen LogP contribution is -2.60. The van der Waals surface area contributed by atoms with Crippen molar-refractivity contribution in [3.63, 3.8) is 0 Å². The zero-order valence-electron chi connectivity index (χ0n) is 20.9. The molecule has 0 radical (unpaired) electrons. The third kappa shape index (κ3) is 6.19. The maximum absolute atomic E-state index is 11.0. The molecule has 0 aromatic heterocycles. The highest BCUT2D eigenvalue weighted by molar-refractivity contribution is 5.66. The lowest BCUT2D eigenvalue weighted by molar-refractivity contribution is -0.156. The van der Waals surface area contributed by atoms with Crippen LogP contribution in [0.5, 0.6) is 0 Å². The molecule has 2 rings (SSSR count). The number of nitrogens with zero attached hydrogens (tertiary/aromatic N) is 2. The van der Waals surface area contributed by atoms with Gasteiger partial charge >= 0.3 is 5.97 Å². The van der Waals surface area contributed by atoms with Crippen LogP contribution >= 0.6 is 0 Å². The molecule has 2 fully saturated rings. The van der Waals surface area contributed by atoms with Crippen molar-refractivity contribution in [1.29, 1.82) is 0 Å². The summed E-state index contributed by atoms with van der Waals surface area (Å²) in [5.41, 5.74) is 0.925. The van der Waals surface area contributed by atoms with Gasteiger partial charge in [-0.25, -0.2) is 0 Å². The summed E-state index contributed by atoms with van der Waals surface area (Å²) < 4.78 is 5.35. The standard InChI is InChI=1S/C12H23NO2.C12H25N/c1-9(14)15-10-7-11(2,3)13(6)12(4,5)8-10;1-7-10-8-11(2,3)13(6)12(4,5)9-10/h10H,7-8H2,1-6H3;10H,7-9H2,1-6H3. The molecule has 0 amide bonds. The van der Waals surface area contributed by atoms with Crippen LogP contribution in [0.3, 0.4) is 0 Å². The third-order valence-electron chi connectivity index (χ3n) is 7.57. The van der Waals surface area contributed by atoms with Crippen LogP contribution in [0.4, 0.5) is 0 Å². The SMILES string of the molecule is CC(=O)OC1CC(C)(C)N(C)C(C)(C)C1.CCC1CC(C)(C)N(C)C(C)(C)C1. The van der Waals surface area contributed by atoms with Crippen LogP contribution in [0.1, 0.15) is 101 Å². The van der Waals surface area contributed by atoms with E-state index in [9.17, 15) is 4.79 Å². The molecule has 0 saturated carbocycles. The smallest absolute Gasteiger partial charge is 0.302 e. The van der Waals surface area contributed by atoms with E-state index < -0.39 is 0 Å². The largest absolute Gasteiger partial charge is 0.462 e. The first-order valence-electron chi connectivity index (χ1n) is 11.1. The second-order valence-electron chi connectivity index (χ2n) is 11.7. The molecule has 0 aromatic carbocycles. The summed E-state index contributed by atoms with van der Waals surface area (Å²) in [5, 5.41) is 0. The van der Waals surface area contributed by atoms with Crippen LogP contribution in [0.25, 0.3) is 0 Å². The van der Waals surface area contributed by atoms with E-state index in [0.29, 0.717) is 11.1 Å². The van der Waals surface area contributed by atoms with Crippen molar-refractivity contribution in [2.24, 2.45) is 5.92 Å². The molecule has 28 heavy (non-hydrogen) atoms. The van der Waals surface area contributed by atoms with E-state index in [-0.39, 0.29) is 23.2 Å². The highest BCUT2D eigenvalue weighted by atomic mass is 16.5. The van der Waals surface area contributed by atoms with E-state index in [0.717, 1.165) is 18.8 Å². The van der Waals surface area contributed by atoms with Crippen LogP contribution in [0.15, 0.2) is 0 Å². The van der Waals surface area contributed by atoms with Crippen molar-refractivity contribution in [3.8, 4) is 0 Å². The van der Waals surface area contributed by atoms with Crippen molar-refractivity contribution < 1.29 is 9.53 Å². The second kappa shape index (κ2) is 8.63. The number of ether oxygens (including phenoxy) is 1. The number of hydrogen-bond donors (Lipinski definition) is 0. The molecule has 4 heteroatoms. The number of esters is 1. The molecule has 2 aliphatic heterocycles. The van der Waals surface area contributed by atoms with Crippen LogP contribution in [0.2, 0.25) is 0 Å². The summed E-state index contributed by atoms with van der Waals surface area (Å²) >= 11 is 0. The van der Waals surface area contributed by atoms with Crippen molar-refractivity contribution in [3.05, 3.63) is 0 Å². The van der Waals surface area contributed by atoms with Crippen molar-refractivity contribution >= 4 is 5.97 Å². The number of piperidine rings is 2. The minimum atomic E-state index is -0.170. The van der Waals surface area contributed by atoms with Gasteiger partial charge in [0.2, 0.25) is 0 Å². The van der Waals surface area contributed by atoms with Gasteiger partial charge in [-0.2, -0.15) is 0 Å². The number of likely N-dealkylation sites (tertiary alicyclic amines) is 2. The Morgan fingerprint density at radius 1 is 0.786 bits per heavy atom. The Labute approximate surface area is 175 Å². The van der Waals surface area contributed by atoms with Gasteiger partial charge in [0.25, 0.3) is 0 Å². The molecule has 2 saturated heterocycles. The second-order valence-corrected chi connectivity index (χ2v) is 11.7. The third-order valence-corrected chi connectivity index (χ3v) is 7.57. The highest BCUT2D eigenvalue weighted by Gasteiger charge is 2.44. The van der Waals surface area contributed by atoms with Crippen LogP contribution in [-0.2, 0) is 9.53 Å². The Hall–Kier alpha value is -0.610. The summed E-state index contributed by atoms with van der Waals surface area (Å²) in [5.74, 6) is 0.748. The fraction of sp³-hybridized carbons (Fsp3) is 0.958. The number of rotatable bonds is 2. The van der Waals surface area contributed by atoms with Gasteiger partial charge in [0.1, 0.15) is 6.10 Å². The first-order valence-corrected chi connectivity index (χ1v) is 11.1. The molecule has 0 bridgehead atoms. The quantitative estimate of drug-likeness (QED) is 0.577. The van der Waals surface area contributed by atoms with Crippen LogP contribution in [-0.4, -0.2) is 58.1 Å². The molecule has 2 heterocycles. The normalized spacial score (nSPS) is 27.6. The van der Waals surface area contributed by atoms with Gasteiger partial charge < -0.3 is 4.74 Å². The lowest BCUT2D eigenvalue weighted by Gasteiger charge is -2.53. The van der Waals surface area contributed by atoms with Crippen molar-refractivity contribution in [2.75, 3.05) is 14.1 Å². The van der Waals surface area contributed by atoms with E-state index in [1.807, 2.05) is 0 Å². The summed E-state index contributed by atoms with van der Waals surface area (Å²) in [7, 11) is 4.41. The Balaban J connectivity index is 0.000000283. The first kappa shape index (κ1) is 25.4. The lowest BCUT2D eigenvalue weighted by atomic mass is 9.73. The van der Waals surface area contributed by atoms with Crippen LogP contribution in [0, 0.1) is 5.92 Å². The Morgan fingerprint density at radius 2 is 1.11 bits per heavy atom. The topological polar surface area (TPSA) is 32.8 Å². The highest BCUT2D eigenvalue weighted by Crippen LogP contribution is 2.41. The molecule has 4 nitrogen and oxygen atoms in total. The van der Waals surface area contributed by atoms with Gasteiger partial charge in [0.15, 0.2) is 0 Å². The first-order chi connectivity index (χ1) is 12.4. The number of carbonyl (C=O) groups is 1. The molecule has 0 atom stereocenters.